The van der Waals surface area contributed by atoms with E-state index >= 15 is 0 Å². The van der Waals surface area contributed by atoms with Crippen LogP contribution in [0.25, 0.3) is 0 Å². The lowest BCUT2D eigenvalue weighted by atomic mass is 9.42. The van der Waals surface area contributed by atoms with Crippen LogP contribution in [-0.4, -0.2) is 116 Å². The van der Waals surface area contributed by atoms with Gasteiger partial charge in [-0.3, -0.25) is 4.90 Å². The molecule has 6 rings (SSSR count). The van der Waals surface area contributed by atoms with Crippen LogP contribution in [-0.2, 0) is 18.9 Å². The number of nitrogens with zero attached hydrogens (tertiary/aromatic N) is 1. The summed E-state index contributed by atoms with van der Waals surface area (Å²) in [5, 5.41) is 35.2. The number of ether oxygens (including phenoxy) is 4. The normalized spacial score (nSPS) is 61.7. The molecule has 0 aromatic carbocycles. The first-order valence-electron chi connectivity index (χ1n) is 12.9. The molecular weight excluding hydrogens is 440 g/mol. The summed E-state index contributed by atoms with van der Waals surface area (Å²) >= 11 is 0. The average Bonchev–Trinajstić information content (AvgIpc) is 3.17. The summed E-state index contributed by atoms with van der Waals surface area (Å²) in [6.45, 7) is 4.07. The molecule has 194 valence electrons. The molecule has 1 heterocycles. The van der Waals surface area contributed by atoms with Gasteiger partial charge in [-0.05, 0) is 25.3 Å². The van der Waals surface area contributed by atoms with E-state index in [1.165, 1.54) is 0 Å². The molecule has 0 aromatic heterocycles. The highest BCUT2D eigenvalue weighted by atomic mass is 16.5. The number of aliphatic hydroxyl groups is 3. The van der Waals surface area contributed by atoms with Gasteiger partial charge in [-0.25, -0.2) is 0 Å². The van der Waals surface area contributed by atoms with E-state index in [1.54, 1.807) is 28.4 Å². The number of hydrogen-bond donors (Lipinski definition) is 4. The lowest BCUT2D eigenvalue weighted by Gasteiger charge is -2.70. The Hall–Kier alpha value is -0.360. The zero-order valence-corrected chi connectivity index (χ0v) is 21.0. The summed E-state index contributed by atoms with van der Waals surface area (Å²) in [6.07, 6.45) is -1.24. The van der Waals surface area contributed by atoms with Crippen molar-refractivity contribution in [3.05, 3.63) is 0 Å². The third kappa shape index (κ3) is 2.26. The van der Waals surface area contributed by atoms with Gasteiger partial charge in [0.15, 0.2) is 0 Å². The minimum atomic E-state index is -1.35. The van der Waals surface area contributed by atoms with E-state index < -0.39 is 40.3 Å². The van der Waals surface area contributed by atoms with Gasteiger partial charge >= 0.3 is 0 Å². The van der Waals surface area contributed by atoms with Crippen LogP contribution in [0.5, 0.6) is 0 Å². The third-order valence-corrected chi connectivity index (χ3v) is 11.7. The van der Waals surface area contributed by atoms with Gasteiger partial charge in [0.1, 0.15) is 5.60 Å². The van der Waals surface area contributed by atoms with E-state index in [9.17, 15) is 15.3 Å². The highest BCUT2D eigenvalue weighted by molar-refractivity contribution is 5.39. The lowest BCUT2D eigenvalue weighted by molar-refractivity contribution is -0.282. The summed E-state index contributed by atoms with van der Waals surface area (Å²) in [6, 6.07) is 0.0614. The zero-order chi connectivity index (χ0) is 24.4. The van der Waals surface area contributed by atoms with Crippen LogP contribution in [0.15, 0.2) is 0 Å². The van der Waals surface area contributed by atoms with Crippen molar-refractivity contribution in [2.75, 3.05) is 48.1 Å². The van der Waals surface area contributed by atoms with Gasteiger partial charge in [0.25, 0.3) is 0 Å². The van der Waals surface area contributed by atoms with Crippen LogP contribution in [0.1, 0.15) is 26.2 Å². The summed E-state index contributed by atoms with van der Waals surface area (Å²) in [4.78, 5) is 2.47. The fourth-order valence-electron chi connectivity index (χ4n) is 11.0. The van der Waals surface area contributed by atoms with Crippen molar-refractivity contribution < 1.29 is 34.3 Å². The molecule has 0 aromatic rings. The Morgan fingerprint density at radius 2 is 1.71 bits per heavy atom. The number of hydrogen-bond acceptors (Lipinski definition) is 9. The Balaban J connectivity index is 1.66. The van der Waals surface area contributed by atoms with E-state index in [2.05, 4.69) is 11.8 Å². The van der Waals surface area contributed by atoms with Gasteiger partial charge < -0.3 is 40.0 Å². The smallest absolute Gasteiger partial charge is 0.117 e. The minimum absolute atomic E-state index is 0.0614. The molecular formula is C25H42N2O7. The molecule has 9 heteroatoms. The Bertz CT molecular complexity index is 848. The van der Waals surface area contributed by atoms with Crippen LogP contribution in [0.3, 0.4) is 0 Å². The van der Waals surface area contributed by atoms with Crippen LogP contribution in [0.2, 0.25) is 0 Å². The Morgan fingerprint density at radius 1 is 1.00 bits per heavy atom. The van der Waals surface area contributed by atoms with Gasteiger partial charge in [-0.15, -0.1) is 0 Å². The molecule has 0 amide bonds. The molecule has 5 aliphatic carbocycles. The number of methoxy groups -OCH3 is 4. The van der Waals surface area contributed by atoms with Crippen molar-refractivity contribution in [1.29, 1.82) is 0 Å². The third-order valence-electron chi connectivity index (χ3n) is 11.7. The van der Waals surface area contributed by atoms with Gasteiger partial charge in [-0.1, -0.05) is 6.92 Å². The fourth-order valence-corrected chi connectivity index (χ4v) is 11.0. The van der Waals surface area contributed by atoms with Crippen LogP contribution >= 0.6 is 0 Å². The van der Waals surface area contributed by atoms with E-state index in [1.807, 2.05) is 0 Å². The number of likely N-dealkylation sites (tertiary alicyclic amines) is 1. The Morgan fingerprint density at radius 3 is 2.29 bits per heavy atom. The molecule has 5 N–H and O–H groups in total. The molecule has 1 aliphatic heterocycles. The Kier molecular flexibility index (Phi) is 5.19. The topological polar surface area (TPSA) is 127 Å². The summed E-state index contributed by atoms with van der Waals surface area (Å²) in [7, 11) is 6.77. The first-order valence-corrected chi connectivity index (χ1v) is 12.9. The van der Waals surface area contributed by atoms with Gasteiger partial charge in [0.2, 0.25) is 0 Å². The highest BCUT2D eigenvalue weighted by Crippen LogP contribution is 2.79. The second-order valence-corrected chi connectivity index (χ2v) is 12.2. The van der Waals surface area contributed by atoms with Gasteiger partial charge in [0.05, 0.1) is 37.1 Å². The molecule has 5 saturated carbocycles. The number of fused-ring (bicyclic) bond motifs is 2. The fraction of sp³-hybridized carbons (Fsp3) is 1.00. The molecule has 0 radical (unpaired) electrons. The number of piperidine rings is 1. The maximum absolute atomic E-state index is 11.8. The summed E-state index contributed by atoms with van der Waals surface area (Å²) in [5.41, 5.74) is 4.33. The molecule has 9 nitrogen and oxygen atoms in total. The minimum Gasteiger partial charge on any atom is -0.392 e. The van der Waals surface area contributed by atoms with E-state index in [-0.39, 0.29) is 41.9 Å². The summed E-state index contributed by atoms with van der Waals surface area (Å²) < 4.78 is 24.2. The average molecular weight is 483 g/mol. The van der Waals surface area contributed by atoms with Crippen molar-refractivity contribution >= 4 is 0 Å². The molecule has 1 unspecified atom stereocenters. The SMILES string of the molecule is CCN1C[C@]2(COC)C(O)C[C@H](OC)[C@@]34[C@@H]5C[C@@]6(O)[C@@H](OC)C[C@@](N)([C@H]5[C@H]6O)[C@@H]([C@H](OC)[C@H]23)[C@@H]14. The molecule has 6 aliphatic rings. The molecule has 1 spiro atoms. The molecule has 6 fully saturated rings. The van der Waals surface area contributed by atoms with Crippen molar-refractivity contribution in [2.24, 2.45) is 40.2 Å². The molecule has 34 heavy (non-hydrogen) atoms. The van der Waals surface area contributed by atoms with Crippen molar-refractivity contribution in [2.45, 2.75) is 73.9 Å². The first kappa shape index (κ1) is 24.0. The molecule has 7 bridgehead atoms. The van der Waals surface area contributed by atoms with Crippen LogP contribution in [0, 0.1) is 34.5 Å². The predicted octanol–water partition coefficient (Wildman–Crippen LogP) is -0.792. The van der Waals surface area contributed by atoms with Crippen LogP contribution in [0.4, 0.5) is 0 Å². The van der Waals surface area contributed by atoms with E-state index in [0.717, 1.165) is 6.54 Å². The van der Waals surface area contributed by atoms with E-state index in [4.69, 9.17) is 24.7 Å². The summed E-state index contributed by atoms with van der Waals surface area (Å²) in [5.74, 6) is -0.548. The maximum Gasteiger partial charge on any atom is 0.117 e. The number of nitrogens with two attached hydrogens (primary N) is 1. The van der Waals surface area contributed by atoms with Crippen molar-refractivity contribution in [1.82, 2.24) is 4.90 Å². The Labute approximate surface area is 201 Å². The molecule has 14 atom stereocenters. The zero-order valence-electron chi connectivity index (χ0n) is 21.0. The van der Waals surface area contributed by atoms with Crippen molar-refractivity contribution in [3.63, 3.8) is 0 Å². The van der Waals surface area contributed by atoms with Crippen molar-refractivity contribution in [3.8, 4) is 0 Å². The number of aliphatic hydroxyl groups excluding tert-OH is 2. The lowest BCUT2D eigenvalue weighted by Crippen LogP contribution is -2.80. The second-order valence-electron chi connectivity index (χ2n) is 12.2. The second kappa shape index (κ2) is 7.36. The van der Waals surface area contributed by atoms with Gasteiger partial charge in [-0.2, -0.15) is 0 Å². The first-order chi connectivity index (χ1) is 16.2. The van der Waals surface area contributed by atoms with Crippen LogP contribution < -0.4 is 5.73 Å². The van der Waals surface area contributed by atoms with Gasteiger partial charge in [0, 0.05) is 81.6 Å². The predicted molar refractivity (Wildman–Crippen MR) is 122 cm³/mol. The monoisotopic (exact) mass is 482 g/mol. The highest BCUT2D eigenvalue weighted by Gasteiger charge is 2.88. The van der Waals surface area contributed by atoms with E-state index in [0.29, 0.717) is 32.4 Å². The largest absolute Gasteiger partial charge is 0.392 e. The maximum atomic E-state index is 11.8. The standard InChI is InChI=1S/C25H42N2O7/c1-6-27-10-22(11-31-2)13(28)7-14(32-3)25-12-8-24(30)15(33-4)9-23(26,16(12)21(24)29)17(20(25)27)18(34-5)19(22)25/h12-21,28-30H,6-11,26H2,1-5H3/t12-,13?,14+,15+,16-,17+,18+,19-,20-,21-,22+,23-,24-,25+/m1/s1. The molecule has 1 saturated heterocycles. The quantitative estimate of drug-likeness (QED) is 0.385. The number of rotatable bonds is 6.